The van der Waals surface area contributed by atoms with Crippen LogP contribution in [0.5, 0.6) is 0 Å². The summed E-state index contributed by atoms with van der Waals surface area (Å²) >= 11 is 5.40. The van der Waals surface area contributed by atoms with E-state index in [1.807, 2.05) is 36.0 Å². The lowest BCUT2D eigenvalue weighted by molar-refractivity contribution is 0.113. The van der Waals surface area contributed by atoms with E-state index in [1.54, 1.807) is 0 Å². The molecular formula is C12H15BrOS. The van der Waals surface area contributed by atoms with Gasteiger partial charge >= 0.3 is 0 Å². The highest BCUT2D eigenvalue weighted by atomic mass is 79.9. The minimum absolute atomic E-state index is 0.296. The molecule has 0 bridgehead atoms. The maximum Gasteiger partial charge on any atom is 0.0826 e. The van der Waals surface area contributed by atoms with Crippen molar-refractivity contribution in [1.29, 1.82) is 0 Å². The van der Waals surface area contributed by atoms with E-state index < -0.39 is 0 Å². The van der Waals surface area contributed by atoms with Gasteiger partial charge in [0, 0.05) is 4.47 Å². The van der Waals surface area contributed by atoms with Crippen molar-refractivity contribution >= 4 is 27.7 Å². The molecule has 2 atom stereocenters. The molecule has 1 N–H and O–H groups in total. The quantitative estimate of drug-likeness (QED) is 0.896. The second-order valence-corrected chi connectivity index (χ2v) is 6.04. The van der Waals surface area contributed by atoms with Crippen molar-refractivity contribution < 1.29 is 5.11 Å². The Morgan fingerprint density at radius 1 is 1.47 bits per heavy atom. The van der Waals surface area contributed by atoms with Gasteiger partial charge in [-0.3, -0.25) is 0 Å². The summed E-state index contributed by atoms with van der Waals surface area (Å²) in [5, 5.41) is 10.2. The molecule has 1 heterocycles. The number of benzene rings is 1. The number of halogens is 1. The molecule has 1 aliphatic heterocycles. The van der Waals surface area contributed by atoms with Crippen molar-refractivity contribution in [2.24, 2.45) is 5.92 Å². The first kappa shape index (κ1) is 11.5. The Balaban J connectivity index is 2.08. The van der Waals surface area contributed by atoms with Gasteiger partial charge in [-0.05, 0) is 48.0 Å². The maximum absolute atomic E-state index is 10.2. The largest absolute Gasteiger partial charge is 0.388 e. The van der Waals surface area contributed by atoms with Gasteiger partial charge in [0.2, 0.25) is 0 Å². The van der Waals surface area contributed by atoms with Crippen LogP contribution in [-0.4, -0.2) is 16.6 Å². The SMILES string of the molecule is OC(c1cccc(Br)c1)C1CCCSC1. The highest BCUT2D eigenvalue weighted by Crippen LogP contribution is 2.33. The van der Waals surface area contributed by atoms with Crippen LogP contribution in [0.15, 0.2) is 28.7 Å². The minimum Gasteiger partial charge on any atom is -0.388 e. The van der Waals surface area contributed by atoms with E-state index in [0.29, 0.717) is 5.92 Å². The van der Waals surface area contributed by atoms with Crippen molar-refractivity contribution in [2.75, 3.05) is 11.5 Å². The predicted molar refractivity (Wildman–Crippen MR) is 69.2 cm³/mol. The lowest BCUT2D eigenvalue weighted by Gasteiger charge is -2.26. The zero-order valence-electron chi connectivity index (χ0n) is 8.53. The van der Waals surface area contributed by atoms with Gasteiger partial charge in [0.1, 0.15) is 0 Å². The Labute approximate surface area is 103 Å². The van der Waals surface area contributed by atoms with Gasteiger partial charge in [-0.25, -0.2) is 0 Å². The van der Waals surface area contributed by atoms with E-state index in [0.717, 1.165) is 22.2 Å². The van der Waals surface area contributed by atoms with E-state index >= 15 is 0 Å². The monoisotopic (exact) mass is 286 g/mol. The van der Waals surface area contributed by atoms with Gasteiger partial charge < -0.3 is 5.11 Å². The van der Waals surface area contributed by atoms with Crippen molar-refractivity contribution in [2.45, 2.75) is 18.9 Å². The third-order valence-electron chi connectivity index (χ3n) is 2.83. The second kappa shape index (κ2) is 5.37. The molecule has 0 saturated carbocycles. The molecule has 1 aromatic rings. The maximum atomic E-state index is 10.2. The second-order valence-electron chi connectivity index (χ2n) is 3.98. The number of aliphatic hydroxyl groups excluding tert-OH is 1. The summed E-state index contributed by atoms with van der Waals surface area (Å²) in [4.78, 5) is 0. The summed E-state index contributed by atoms with van der Waals surface area (Å²) in [5.41, 5.74) is 1.04. The van der Waals surface area contributed by atoms with Crippen LogP contribution in [0.25, 0.3) is 0 Å². The lowest BCUT2D eigenvalue weighted by atomic mass is 9.93. The molecule has 0 aliphatic carbocycles. The van der Waals surface area contributed by atoms with Gasteiger partial charge in [0.25, 0.3) is 0 Å². The fourth-order valence-corrected chi connectivity index (χ4v) is 3.58. The van der Waals surface area contributed by atoms with Gasteiger partial charge in [-0.15, -0.1) is 0 Å². The molecular weight excluding hydrogens is 272 g/mol. The molecule has 2 rings (SSSR count). The molecule has 82 valence electrons. The molecule has 3 heteroatoms. The average molecular weight is 287 g/mol. The van der Waals surface area contributed by atoms with Gasteiger partial charge in [0.05, 0.1) is 6.10 Å². The first-order valence-electron chi connectivity index (χ1n) is 5.28. The summed E-state index contributed by atoms with van der Waals surface area (Å²) in [6.45, 7) is 0. The van der Waals surface area contributed by atoms with Crippen LogP contribution < -0.4 is 0 Å². The molecule has 2 unspecified atom stereocenters. The van der Waals surface area contributed by atoms with Crippen LogP contribution in [0.3, 0.4) is 0 Å². The van der Waals surface area contributed by atoms with E-state index in [-0.39, 0.29) is 6.10 Å². The number of rotatable bonds is 2. The normalized spacial score (nSPS) is 23.7. The van der Waals surface area contributed by atoms with Crippen LogP contribution in [0.1, 0.15) is 24.5 Å². The molecule has 1 nitrogen and oxygen atoms in total. The van der Waals surface area contributed by atoms with Gasteiger partial charge in [0.15, 0.2) is 0 Å². The first-order chi connectivity index (χ1) is 7.27. The Morgan fingerprint density at radius 2 is 2.33 bits per heavy atom. The summed E-state index contributed by atoms with van der Waals surface area (Å²) < 4.78 is 1.04. The third-order valence-corrected chi connectivity index (χ3v) is 4.57. The van der Waals surface area contributed by atoms with E-state index in [2.05, 4.69) is 15.9 Å². The molecule has 1 aromatic carbocycles. The molecule has 1 saturated heterocycles. The zero-order valence-corrected chi connectivity index (χ0v) is 10.9. The Bertz CT molecular complexity index is 323. The molecule has 0 amide bonds. The van der Waals surface area contributed by atoms with Crippen molar-refractivity contribution in [1.82, 2.24) is 0 Å². The summed E-state index contributed by atoms with van der Waals surface area (Å²) in [6, 6.07) is 8.00. The summed E-state index contributed by atoms with van der Waals surface area (Å²) in [5.74, 6) is 2.77. The fraction of sp³-hybridized carbons (Fsp3) is 0.500. The Kier molecular flexibility index (Phi) is 4.12. The zero-order chi connectivity index (χ0) is 10.7. The van der Waals surface area contributed by atoms with Gasteiger partial charge in [-0.2, -0.15) is 11.8 Å². The van der Waals surface area contributed by atoms with Gasteiger partial charge in [-0.1, -0.05) is 28.1 Å². The Hall–Kier alpha value is 0.01000. The van der Waals surface area contributed by atoms with Crippen molar-refractivity contribution in [3.63, 3.8) is 0 Å². The molecule has 0 aromatic heterocycles. The van der Waals surface area contributed by atoms with E-state index in [4.69, 9.17) is 0 Å². The molecule has 0 spiro atoms. The summed E-state index contributed by atoms with van der Waals surface area (Å²) in [6.07, 6.45) is 2.09. The topological polar surface area (TPSA) is 20.2 Å². The summed E-state index contributed by atoms with van der Waals surface area (Å²) in [7, 11) is 0. The predicted octanol–water partition coefficient (Wildman–Crippen LogP) is 3.63. The fourth-order valence-electron chi connectivity index (χ4n) is 1.98. The molecule has 1 fully saturated rings. The van der Waals surface area contributed by atoms with Crippen LogP contribution in [-0.2, 0) is 0 Å². The third kappa shape index (κ3) is 2.99. The minimum atomic E-state index is -0.296. The lowest BCUT2D eigenvalue weighted by Crippen LogP contribution is -2.19. The number of hydrogen-bond donors (Lipinski definition) is 1. The molecule has 15 heavy (non-hydrogen) atoms. The van der Waals surface area contributed by atoms with Crippen LogP contribution in [0.4, 0.5) is 0 Å². The van der Waals surface area contributed by atoms with Crippen molar-refractivity contribution in [3.8, 4) is 0 Å². The Morgan fingerprint density at radius 3 is 3.00 bits per heavy atom. The smallest absolute Gasteiger partial charge is 0.0826 e. The van der Waals surface area contributed by atoms with E-state index in [9.17, 15) is 5.11 Å². The van der Waals surface area contributed by atoms with Crippen LogP contribution >= 0.6 is 27.7 Å². The highest BCUT2D eigenvalue weighted by molar-refractivity contribution is 9.10. The van der Waals surface area contributed by atoms with Crippen molar-refractivity contribution in [3.05, 3.63) is 34.3 Å². The molecule has 0 radical (unpaired) electrons. The highest BCUT2D eigenvalue weighted by Gasteiger charge is 2.23. The number of aliphatic hydroxyl groups is 1. The first-order valence-corrected chi connectivity index (χ1v) is 7.23. The number of thioether (sulfide) groups is 1. The standard InChI is InChI=1S/C12H15BrOS/c13-11-5-1-3-9(7-11)12(14)10-4-2-6-15-8-10/h1,3,5,7,10,12,14H,2,4,6,8H2. The average Bonchev–Trinajstić information content (AvgIpc) is 2.29. The van der Waals surface area contributed by atoms with Crippen LogP contribution in [0.2, 0.25) is 0 Å². The van der Waals surface area contributed by atoms with E-state index in [1.165, 1.54) is 12.2 Å². The van der Waals surface area contributed by atoms with Crippen LogP contribution in [0, 0.1) is 5.92 Å². The molecule has 1 aliphatic rings. The number of hydrogen-bond acceptors (Lipinski definition) is 2.